The van der Waals surface area contributed by atoms with Crippen molar-refractivity contribution in [2.24, 2.45) is 0 Å². The molecule has 1 aromatic heterocycles. The van der Waals surface area contributed by atoms with E-state index < -0.39 is 5.97 Å². The summed E-state index contributed by atoms with van der Waals surface area (Å²) in [7, 11) is 0. The van der Waals surface area contributed by atoms with Gasteiger partial charge in [-0.05, 0) is 37.3 Å². The fraction of sp³-hybridized carbons (Fsp3) is 0.200. The Balaban J connectivity index is 1.96. The van der Waals surface area contributed by atoms with E-state index in [-0.39, 0.29) is 11.1 Å². The molecule has 104 valence electrons. The molecule has 0 saturated heterocycles. The zero-order valence-corrected chi connectivity index (χ0v) is 11.1. The number of aryl methyl sites for hydroxylation is 1. The number of carbonyl (C=O) groups is 1. The summed E-state index contributed by atoms with van der Waals surface area (Å²) in [5.74, 6) is -0.389. The third-order valence-corrected chi connectivity index (χ3v) is 2.95. The molecule has 0 saturated carbocycles. The summed E-state index contributed by atoms with van der Waals surface area (Å²) in [4.78, 5) is 22.4. The standard InChI is InChI=1S/C15H15NO4/c1-11-3-2-4-14(17)16(11)9-10-20-13-7-5-12(6-8-13)15(18)19/h2-8H,9-10H2,1H3,(H,18,19). The van der Waals surface area contributed by atoms with Crippen molar-refractivity contribution in [2.75, 3.05) is 6.61 Å². The van der Waals surface area contributed by atoms with Crippen molar-refractivity contribution in [1.29, 1.82) is 0 Å². The normalized spacial score (nSPS) is 10.2. The third kappa shape index (κ3) is 3.26. The van der Waals surface area contributed by atoms with Crippen LogP contribution in [0.5, 0.6) is 5.75 Å². The molecule has 0 amide bonds. The van der Waals surface area contributed by atoms with E-state index in [2.05, 4.69) is 0 Å². The van der Waals surface area contributed by atoms with Crippen LogP contribution in [-0.4, -0.2) is 22.2 Å². The summed E-state index contributed by atoms with van der Waals surface area (Å²) in [6, 6.07) is 11.3. The van der Waals surface area contributed by atoms with Crippen molar-refractivity contribution < 1.29 is 14.6 Å². The monoisotopic (exact) mass is 273 g/mol. The van der Waals surface area contributed by atoms with Gasteiger partial charge in [0.05, 0.1) is 12.1 Å². The zero-order valence-electron chi connectivity index (χ0n) is 11.1. The number of hydrogen-bond acceptors (Lipinski definition) is 3. The summed E-state index contributed by atoms with van der Waals surface area (Å²) < 4.78 is 7.13. The largest absolute Gasteiger partial charge is 0.492 e. The van der Waals surface area contributed by atoms with E-state index in [1.807, 2.05) is 13.0 Å². The number of benzene rings is 1. The second-order valence-corrected chi connectivity index (χ2v) is 4.34. The van der Waals surface area contributed by atoms with E-state index in [9.17, 15) is 9.59 Å². The van der Waals surface area contributed by atoms with Crippen LogP contribution < -0.4 is 10.3 Å². The van der Waals surface area contributed by atoms with Crippen LogP contribution in [-0.2, 0) is 6.54 Å². The van der Waals surface area contributed by atoms with Crippen molar-refractivity contribution in [2.45, 2.75) is 13.5 Å². The first-order valence-corrected chi connectivity index (χ1v) is 6.20. The van der Waals surface area contributed by atoms with Crippen LogP contribution >= 0.6 is 0 Å². The molecular weight excluding hydrogens is 258 g/mol. The lowest BCUT2D eigenvalue weighted by Gasteiger charge is -2.10. The molecule has 0 unspecified atom stereocenters. The second-order valence-electron chi connectivity index (χ2n) is 4.34. The lowest BCUT2D eigenvalue weighted by molar-refractivity contribution is 0.0697. The predicted molar refractivity (Wildman–Crippen MR) is 74.3 cm³/mol. The Bertz CT molecular complexity index is 658. The Morgan fingerprint density at radius 2 is 1.90 bits per heavy atom. The van der Waals surface area contributed by atoms with Gasteiger partial charge in [0.25, 0.3) is 5.56 Å². The number of pyridine rings is 1. The van der Waals surface area contributed by atoms with Gasteiger partial charge in [0.1, 0.15) is 12.4 Å². The van der Waals surface area contributed by atoms with Gasteiger partial charge in [-0.1, -0.05) is 6.07 Å². The molecule has 0 aliphatic carbocycles. The van der Waals surface area contributed by atoms with Gasteiger partial charge < -0.3 is 14.4 Å². The smallest absolute Gasteiger partial charge is 0.335 e. The minimum Gasteiger partial charge on any atom is -0.492 e. The first kappa shape index (κ1) is 13.9. The number of hydrogen-bond donors (Lipinski definition) is 1. The Morgan fingerprint density at radius 3 is 2.50 bits per heavy atom. The summed E-state index contributed by atoms with van der Waals surface area (Å²) in [6.45, 7) is 2.66. The van der Waals surface area contributed by atoms with E-state index in [0.29, 0.717) is 18.9 Å². The topological polar surface area (TPSA) is 68.5 Å². The number of ether oxygens (including phenoxy) is 1. The van der Waals surface area contributed by atoms with Gasteiger partial charge in [-0.15, -0.1) is 0 Å². The molecule has 0 bridgehead atoms. The van der Waals surface area contributed by atoms with Gasteiger partial charge in [0.15, 0.2) is 0 Å². The lowest BCUT2D eigenvalue weighted by Crippen LogP contribution is -2.23. The maximum atomic E-state index is 11.6. The molecule has 0 radical (unpaired) electrons. The number of aromatic carboxylic acids is 1. The van der Waals surface area contributed by atoms with E-state index >= 15 is 0 Å². The van der Waals surface area contributed by atoms with E-state index in [0.717, 1.165) is 5.69 Å². The van der Waals surface area contributed by atoms with Crippen LogP contribution in [0.4, 0.5) is 0 Å². The van der Waals surface area contributed by atoms with Crippen LogP contribution in [0, 0.1) is 6.92 Å². The number of nitrogens with zero attached hydrogens (tertiary/aromatic N) is 1. The van der Waals surface area contributed by atoms with Gasteiger partial charge in [-0.25, -0.2) is 4.79 Å². The fourth-order valence-electron chi connectivity index (χ4n) is 1.86. The highest BCUT2D eigenvalue weighted by atomic mass is 16.5. The average molecular weight is 273 g/mol. The predicted octanol–water partition coefficient (Wildman–Crippen LogP) is 1.93. The molecule has 5 heteroatoms. The highest BCUT2D eigenvalue weighted by molar-refractivity contribution is 5.87. The SMILES string of the molecule is Cc1cccc(=O)n1CCOc1ccc(C(=O)O)cc1. The maximum absolute atomic E-state index is 11.6. The molecule has 1 aromatic carbocycles. The zero-order chi connectivity index (χ0) is 14.5. The molecule has 0 fully saturated rings. The maximum Gasteiger partial charge on any atom is 0.335 e. The molecule has 0 aliphatic rings. The van der Waals surface area contributed by atoms with Crippen molar-refractivity contribution in [3.63, 3.8) is 0 Å². The molecule has 2 rings (SSSR count). The molecule has 20 heavy (non-hydrogen) atoms. The van der Waals surface area contributed by atoms with E-state index in [1.165, 1.54) is 18.2 Å². The van der Waals surface area contributed by atoms with Crippen molar-refractivity contribution in [1.82, 2.24) is 4.57 Å². The minimum absolute atomic E-state index is 0.0603. The number of aromatic nitrogens is 1. The Labute approximate surface area is 116 Å². The van der Waals surface area contributed by atoms with E-state index in [4.69, 9.17) is 9.84 Å². The molecular formula is C15H15NO4. The fourth-order valence-corrected chi connectivity index (χ4v) is 1.86. The van der Waals surface area contributed by atoms with Gasteiger partial charge in [-0.3, -0.25) is 4.79 Å². The molecule has 1 heterocycles. The highest BCUT2D eigenvalue weighted by Gasteiger charge is 2.03. The van der Waals surface area contributed by atoms with Crippen LogP contribution in [0.3, 0.4) is 0 Å². The van der Waals surface area contributed by atoms with Crippen LogP contribution in [0.1, 0.15) is 16.1 Å². The van der Waals surface area contributed by atoms with Crippen molar-refractivity contribution in [3.8, 4) is 5.75 Å². The van der Waals surface area contributed by atoms with Gasteiger partial charge >= 0.3 is 5.97 Å². The van der Waals surface area contributed by atoms with Crippen LogP contribution in [0.25, 0.3) is 0 Å². The second kappa shape index (κ2) is 6.06. The van der Waals surface area contributed by atoms with E-state index in [1.54, 1.807) is 22.8 Å². The summed E-state index contributed by atoms with van der Waals surface area (Å²) in [5, 5.41) is 8.78. The summed E-state index contributed by atoms with van der Waals surface area (Å²) in [5.41, 5.74) is 1.03. The highest BCUT2D eigenvalue weighted by Crippen LogP contribution is 2.12. The first-order valence-electron chi connectivity index (χ1n) is 6.20. The Kier molecular flexibility index (Phi) is 4.20. The number of rotatable bonds is 5. The van der Waals surface area contributed by atoms with Gasteiger partial charge in [-0.2, -0.15) is 0 Å². The minimum atomic E-state index is -0.969. The third-order valence-electron chi connectivity index (χ3n) is 2.95. The Hall–Kier alpha value is -2.56. The van der Waals surface area contributed by atoms with Gasteiger partial charge in [0.2, 0.25) is 0 Å². The molecule has 0 aliphatic heterocycles. The lowest BCUT2D eigenvalue weighted by atomic mass is 10.2. The van der Waals surface area contributed by atoms with Crippen LogP contribution in [0.2, 0.25) is 0 Å². The molecule has 1 N–H and O–H groups in total. The molecule has 5 nitrogen and oxygen atoms in total. The van der Waals surface area contributed by atoms with Crippen molar-refractivity contribution in [3.05, 3.63) is 64.1 Å². The molecule has 2 aromatic rings. The Morgan fingerprint density at radius 1 is 1.20 bits per heavy atom. The number of carboxylic acid groups (broad SMARTS) is 1. The van der Waals surface area contributed by atoms with Crippen LogP contribution in [0.15, 0.2) is 47.3 Å². The molecule has 0 atom stereocenters. The first-order chi connectivity index (χ1) is 9.58. The molecule has 0 spiro atoms. The van der Waals surface area contributed by atoms with Gasteiger partial charge in [0, 0.05) is 11.8 Å². The average Bonchev–Trinajstić information content (AvgIpc) is 2.42. The number of carboxylic acids is 1. The summed E-state index contributed by atoms with van der Waals surface area (Å²) >= 11 is 0. The quantitative estimate of drug-likeness (QED) is 0.903. The van der Waals surface area contributed by atoms with Crippen molar-refractivity contribution >= 4 is 5.97 Å². The summed E-state index contributed by atoms with van der Waals surface area (Å²) in [6.07, 6.45) is 0.